The Balaban J connectivity index is 1.36. The second-order valence-electron chi connectivity index (χ2n) is 7.01. The molecule has 28 heavy (non-hydrogen) atoms. The lowest BCUT2D eigenvalue weighted by molar-refractivity contribution is 0.0996. The topological polar surface area (TPSA) is 54.3 Å². The van der Waals surface area contributed by atoms with E-state index in [1.54, 1.807) is 34.1 Å². The minimum absolute atomic E-state index is 0.163. The number of benzene rings is 1. The van der Waals surface area contributed by atoms with E-state index in [1.165, 1.54) is 12.1 Å². The Morgan fingerprint density at radius 3 is 2.50 bits per heavy atom. The Labute approximate surface area is 160 Å². The van der Waals surface area contributed by atoms with Gasteiger partial charge in [0.15, 0.2) is 0 Å². The van der Waals surface area contributed by atoms with E-state index in [2.05, 4.69) is 10.1 Å². The second-order valence-corrected chi connectivity index (χ2v) is 7.01. The first-order valence-corrected chi connectivity index (χ1v) is 9.10. The van der Waals surface area contributed by atoms with E-state index in [9.17, 15) is 13.6 Å². The molecule has 2 aliphatic heterocycles. The number of alkyl halides is 1. The van der Waals surface area contributed by atoms with Gasteiger partial charge in [-0.15, -0.1) is 0 Å². The minimum Gasteiger partial charge on any atom is -0.354 e. The van der Waals surface area contributed by atoms with Crippen LogP contribution in [0.25, 0.3) is 5.69 Å². The summed E-state index contributed by atoms with van der Waals surface area (Å²) in [5, 5.41) is 4.51. The van der Waals surface area contributed by atoms with Crippen molar-refractivity contribution >= 4 is 17.4 Å². The number of amides is 1. The van der Waals surface area contributed by atoms with E-state index in [1.807, 2.05) is 17.0 Å². The Morgan fingerprint density at radius 1 is 1.07 bits per heavy atom. The van der Waals surface area contributed by atoms with Gasteiger partial charge in [-0.1, -0.05) is 0 Å². The Morgan fingerprint density at radius 2 is 1.86 bits per heavy atom. The molecule has 3 aromatic rings. The summed E-state index contributed by atoms with van der Waals surface area (Å²) in [6.45, 7) is 1.37. The highest BCUT2D eigenvalue weighted by molar-refractivity contribution is 6.09. The number of carbonyl (C=O) groups is 1. The van der Waals surface area contributed by atoms with E-state index in [4.69, 9.17) is 0 Å². The third-order valence-electron chi connectivity index (χ3n) is 5.16. The lowest BCUT2D eigenvalue weighted by atomic mass is 10.3. The fraction of sp³-hybridized carbons (Fsp3) is 0.250. The van der Waals surface area contributed by atoms with Crippen LogP contribution < -0.4 is 9.80 Å². The van der Waals surface area contributed by atoms with Crippen LogP contribution >= 0.6 is 0 Å². The van der Waals surface area contributed by atoms with Crippen LogP contribution in [-0.2, 0) is 6.54 Å². The van der Waals surface area contributed by atoms with Crippen LogP contribution in [0.2, 0.25) is 0 Å². The van der Waals surface area contributed by atoms with E-state index in [0.717, 1.165) is 11.5 Å². The highest BCUT2D eigenvalue weighted by atomic mass is 19.1. The van der Waals surface area contributed by atoms with E-state index in [-0.39, 0.29) is 11.7 Å². The third kappa shape index (κ3) is 2.81. The van der Waals surface area contributed by atoms with Crippen molar-refractivity contribution in [2.45, 2.75) is 19.1 Å². The number of rotatable bonds is 3. The summed E-state index contributed by atoms with van der Waals surface area (Å²) in [7, 11) is 0. The highest BCUT2D eigenvalue weighted by Gasteiger charge is 2.32. The first kappa shape index (κ1) is 16.9. The predicted molar refractivity (Wildman–Crippen MR) is 100.0 cm³/mol. The summed E-state index contributed by atoms with van der Waals surface area (Å²) in [4.78, 5) is 20.6. The SMILES string of the molecule is O=C1c2cn(-c3ccc(N4CC[C@H](F)C4)nc3)nc2CN1c1ccc(F)cc1. The predicted octanol–water partition coefficient (Wildman–Crippen LogP) is 3.12. The summed E-state index contributed by atoms with van der Waals surface area (Å²) in [5.41, 5.74) is 2.56. The van der Waals surface area contributed by atoms with Crippen LogP contribution in [0.4, 0.5) is 20.3 Å². The molecule has 0 N–H and O–H groups in total. The number of hydrogen-bond acceptors (Lipinski definition) is 4. The van der Waals surface area contributed by atoms with Gasteiger partial charge in [0.25, 0.3) is 5.91 Å². The number of anilines is 2. The molecule has 1 fully saturated rings. The molecule has 1 amide bonds. The maximum atomic E-state index is 13.4. The number of pyridine rings is 1. The standard InChI is InChI=1S/C20H17F2N5O/c21-13-1-3-15(4-2-13)26-12-18-17(20(26)28)11-27(24-18)16-5-6-19(23-9-16)25-8-7-14(22)10-25/h1-6,9,11,14H,7-8,10,12H2/t14-/m0/s1. The lowest BCUT2D eigenvalue weighted by Crippen LogP contribution is -2.23. The van der Waals surface area contributed by atoms with Gasteiger partial charge in [0.2, 0.25) is 0 Å². The molecule has 5 rings (SSSR count). The molecule has 0 radical (unpaired) electrons. The molecule has 0 bridgehead atoms. The van der Waals surface area contributed by atoms with Gasteiger partial charge in [-0.25, -0.2) is 18.4 Å². The molecule has 142 valence electrons. The fourth-order valence-corrected chi connectivity index (χ4v) is 3.66. The number of halogens is 2. The summed E-state index contributed by atoms with van der Waals surface area (Å²) in [6, 6.07) is 9.52. The Hall–Kier alpha value is -3.29. The molecule has 1 atom stereocenters. The average molecular weight is 381 g/mol. The maximum Gasteiger partial charge on any atom is 0.262 e. The number of nitrogens with zero attached hydrogens (tertiary/aromatic N) is 5. The molecular formula is C20H17F2N5O. The fourth-order valence-electron chi connectivity index (χ4n) is 3.66. The minimum atomic E-state index is -0.800. The second kappa shape index (κ2) is 6.40. The highest BCUT2D eigenvalue weighted by Crippen LogP contribution is 2.28. The summed E-state index contributed by atoms with van der Waals surface area (Å²) >= 11 is 0. The van der Waals surface area contributed by atoms with Crippen molar-refractivity contribution in [3.63, 3.8) is 0 Å². The number of fused-ring (bicyclic) bond motifs is 1. The molecule has 1 aromatic carbocycles. The van der Waals surface area contributed by atoms with Gasteiger partial charge < -0.3 is 9.80 Å². The van der Waals surface area contributed by atoms with Crippen molar-refractivity contribution in [1.82, 2.24) is 14.8 Å². The van der Waals surface area contributed by atoms with Crippen LogP contribution in [0, 0.1) is 5.82 Å². The quantitative estimate of drug-likeness (QED) is 0.700. The monoisotopic (exact) mass is 381 g/mol. The van der Waals surface area contributed by atoms with Crippen molar-refractivity contribution in [2.75, 3.05) is 22.9 Å². The maximum absolute atomic E-state index is 13.4. The molecule has 6 nitrogen and oxygen atoms in total. The van der Waals surface area contributed by atoms with Crippen molar-refractivity contribution in [3.8, 4) is 5.69 Å². The van der Waals surface area contributed by atoms with Crippen LogP contribution in [0.5, 0.6) is 0 Å². The van der Waals surface area contributed by atoms with Crippen LogP contribution in [0.1, 0.15) is 22.5 Å². The molecule has 4 heterocycles. The normalized spacial score (nSPS) is 18.8. The van der Waals surface area contributed by atoms with Gasteiger partial charge >= 0.3 is 0 Å². The van der Waals surface area contributed by atoms with Crippen LogP contribution in [0.3, 0.4) is 0 Å². The molecule has 0 unspecified atom stereocenters. The first-order chi connectivity index (χ1) is 13.6. The van der Waals surface area contributed by atoms with Crippen LogP contribution in [0.15, 0.2) is 48.8 Å². The van der Waals surface area contributed by atoms with Crippen LogP contribution in [-0.4, -0.2) is 39.9 Å². The summed E-state index contributed by atoms with van der Waals surface area (Å²) < 4.78 is 28.1. The van der Waals surface area contributed by atoms with Crippen molar-refractivity contribution in [2.24, 2.45) is 0 Å². The Bertz CT molecular complexity index is 1030. The van der Waals surface area contributed by atoms with Crippen molar-refractivity contribution in [1.29, 1.82) is 0 Å². The molecule has 8 heteroatoms. The molecule has 2 aromatic heterocycles. The zero-order valence-corrected chi connectivity index (χ0v) is 14.9. The number of carbonyl (C=O) groups excluding carboxylic acids is 1. The smallest absolute Gasteiger partial charge is 0.262 e. The number of aromatic nitrogens is 3. The van der Waals surface area contributed by atoms with E-state index in [0.29, 0.717) is 43.0 Å². The van der Waals surface area contributed by atoms with Gasteiger partial charge in [-0.3, -0.25) is 4.79 Å². The van der Waals surface area contributed by atoms with E-state index >= 15 is 0 Å². The largest absolute Gasteiger partial charge is 0.354 e. The zero-order valence-electron chi connectivity index (χ0n) is 14.9. The zero-order chi connectivity index (χ0) is 19.3. The average Bonchev–Trinajstić information content (AvgIpc) is 3.39. The first-order valence-electron chi connectivity index (χ1n) is 9.10. The number of hydrogen-bond donors (Lipinski definition) is 0. The molecule has 1 saturated heterocycles. The molecular weight excluding hydrogens is 364 g/mol. The van der Waals surface area contributed by atoms with Gasteiger partial charge in [0.1, 0.15) is 17.8 Å². The Kier molecular flexibility index (Phi) is 3.85. The van der Waals surface area contributed by atoms with E-state index < -0.39 is 6.17 Å². The molecule has 0 spiro atoms. The summed E-state index contributed by atoms with van der Waals surface area (Å²) in [5.74, 6) is 0.232. The van der Waals surface area contributed by atoms with Crippen molar-refractivity contribution in [3.05, 3.63) is 65.9 Å². The third-order valence-corrected chi connectivity index (χ3v) is 5.16. The molecule has 0 saturated carbocycles. The van der Waals surface area contributed by atoms with Gasteiger partial charge in [0.05, 0.1) is 36.2 Å². The lowest BCUT2D eigenvalue weighted by Gasteiger charge is -2.17. The van der Waals surface area contributed by atoms with Gasteiger partial charge in [-0.2, -0.15) is 5.10 Å². The van der Waals surface area contributed by atoms with Crippen molar-refractivity contribution < 1.29 is 13.6 Å². The van der Waals surface area contributed by atoms with Gasteiger partial charge in [-0.05, 0) is 42.8 Å². The van der Waals surface area contributed by atoms with Gasteiger partial charge in [0, 0.05) is 18.4 Å². The molecule has 0 aliphatic carbocycles. The summed E-state index contributed by atoms with van der Waals surface area (Å²) in [6.07, 6.45) is 3.09. The molecule has 2 aliphatic rings.